The summed E-state index contributed by atoms with van der Waals surface area (Å²) in [5.74, 6) is 0.00335. The topological polar surface area (TPSA) is 76.9 Å². The number of para-hydroxylation sites is 1. The van der Waals surface area contributed by atoms with Crippen LogP contribution in [0.3, 0.4) is 0 Å². The SMILES string of the molecule is CCCn1c(SCC(=O)Nc2nc3ccccc3s2)nc2ccsc2c1=O. The summed E-state index contributed by atoms with van der Waals surface area (Å²) >= 11 is 4.12. The van der Waals surface area contributed by atoms with Crippen LogP contribution in [0.1, 0.15) is 13.3 Å². The van der Waals surface area contributed by atoms with Crippen LogP contribution >= 0.6 is 34.4 Å². The first-order valence-electron chi connectivity index (χ1n) is 8.42. The third-order valence-electron chi connectivity index (χ3n) is 3.85. The molecule has 0 radical (unpaired) electrons. The summed E-state index contributed by atoms with van der Waals surface area (Å²) in [6, 6.07) is 9.59. The third kappa shape index (κ3) is 3.76. The van der Waals surface area contributed by atoms with E-state index in [1.807, 2.05) is 42.6 Å². The zero-order chi connectivity index (χ0) is 18.8. The molecule has 0 unspecified atom stereocenters. The van der Waals surface area contributed by atoms with Crippen molar-refractivity contribution in [3.8, 4) is 0 Å². The second-order valence-corrected chi connectivity index (χ2v) is 8.70. The lowest BCUT2D eigenvalue weighted by Gasteiger charge is -2.10. The summed E-state index contributed by atoms with van der Waals surface area (Å²) in [6.07, 6.45) is 0.823. The molecule has 3 aromatic heterocycles. The summed E-state index contributed by atoms with van der Waals surface area (Å²) in [5.41, 5.74) is 1.52. The Balaban J connectivity index is 1.51. The number of nitrogens with one attached hydrogen (secondary N) is 1. The van der Waals surface area contributed by atoms with Crippen molar-refractivity contribution in [2.75, 3.05) is 11.1 Å². The fraction of sp³-hybridized carbons (Fsp3) is 0.222. The van der Waals surface area contributed by atoms with Crippen molar-refractivity contribution in [2.45, 2.75) is 25.0 Å². The first-order valence-corrected chi connectivity index (χ1v) is 11.1. The molecule has 4 rings (SSSR count). The van der Waals surface area contributed by atoms with E-state index in [2.05, 4.69) is 15.3 Å². The Bertz CT molecular complexity index is 1150. The number of carbonyl (C=O) groups excluding carboxylic acids is 1. The molecule has 138 valence electrons. The maximum Gasteiger partial charge on any atom is 0.272 e. The highest BCUT2D eigenvalue weighted by Crippen LogP contribution is 2.26. The van der Waals surface area contributed by atoms with Crippen LogP contribution in [0.2, 0.25) is 0 Å². The fourth-order valence-electron chi connectivity index (χ4n) is 2.67. The number of thiazole rings is 1. The second kappa shape index (κ2) is 7.79. The lowest BCUT2D eigenvalue weighted by molar-refractivity contribution is -0.113. The number of hydrogen-bond acceptors (Lipinski definition) is 7. The van der Waals surface area contributed by atoms with Crippen molar-refractivity contribution >= 4 is 65.9 Å². The van der Waals surface area contributed by atoms with Gasteiger partial charge in [0.2, 0.25) is 5.91 Å². The van der Waals surface area contributed by atoms with Crippen LogP contribution in [0, 0.1) is 0 Å². The molecule has 4 aromatic rings. The number of anilines is 1. The highest BCUT2D eigenvalue weighted by atomic mass is 32.2. The zero-order valence-electron chi connectivity index (χ0n) is 14.5. The van der Waals surface area contributed by atoms with Gasteiger partial charge in [-0.25, -0.2) is 9.97 Å². The van der Waals surface area contributed by atoms with Gasteiger partial charge in [0.1, 0.15) is 4.70 Å². The van der Waals surface area contributed by atoms with Crippen molar-refractivity contribution in [1.82, 2.24) is 14.5 Å². The lowest BCUT2D eigenvalue weighted by Crippen LogP contribution is -2.23. The Labute approximate surface area is 167 Å². The molecule has 0 bridgehead atoms. The smallest absolute Gasteiger partial charge is 0.272 e. The molecule has 3 heterocycles. The number of thiophene rings is 1. The minimum Gasteiger partial charge on any atom is -0.301 e. The first-order chi connectivity index (χ1) is 13.2. The monoisotopic (exact) mass is 416 g/mol. The van der Waals surface area contributed by atoms with Gasteiger partial charge in [-0.05, 0) is 30.0 Å². The lowest BCUT2D eigenvalue weighted by atomic mass is 10.3. The summed E-state index contributed by atoms with van der Waals surface area (Å²) in [4.78, 5) is 34.0. The molecule has 1 amide bonds. The molecule has 9 heteroatoms. The minimum atomic E-state index is -0.165. The van der Waals surface area contributed by atoms with Crippen molar-refractivity contribution in [1.29, 1.82) is 0 Å². The number of carbonyl (C=O) groups is 1. The zero-order valence-corrected chi connectivity index (χ0v) is 16.9. The molecule has 0 aliphatic heterocycles. The number of nitrogens with zero attached hydrogens (tertiary/aromatic N) is 3. The molecule has 0 saturated heterocycles. The number of aromatic nitrogens is 3. The van der Waals surface area contributed by atoms with Crippen molar-refractivity contribution in [3.05, 3.63) is 46.1 Å². The molecule has 0 saturated carbocycles. The maximum absolute atomic E-state index is 12.6. The van der Waals surface area contributed by atoms with E-state index in [0.717, 1.165) is 16.6 Å². The predicted octanol–water partition coefficient (Wildman–Crippen LogP) is 4.21. The van der Waals surface area contributed by atoms with Gasteiger partial charge >= 0.3 is 0 Å². The molecule has 0 atom stereocenters. The minimum absolute atomic E-state index is 0.0362. The summed E-state index contributed by atoms with van der Waals surface area (Å²) in [7, 11) is 0. The number of amides is 1. The van der Waals surface area contributed by atoms with Gasteiger partial charge in [-0.1, -0.05) is 42.2 Å². The van der Waals surface area contributed by atoms with Gasteiger partial charge < -0.3 is 5.32 Å². The van der Waals surface area contributed by atoms with Crippen LogP contribution in [0.5, 0.6) is 0 Å². The van der Waals surface area contributed by atoms with E-state index in [9.17, 15) is 9.59 Å². The van der Waals surface area contributed by atoms with E-state index in [1.165, 1.54) is 34.4 Å². The number of rotatable bonds is 6. The Hall–Kier alpha value is -2.23. The average Bonchev–Trinajstić information content (AvgIpc) is 3.28. The quantitative estimate of drug-likeness (QED) is 0.376. The van der Waals surface area contributed by atoms with Gasteiger partial charge in [-0.15, -0.1) is 11.3 Å². The van der Waals surface area contributed by atoms with Crippen LogP contribution in [0.15, 0.2) is 45.7 Å². The van der Waals surface area contributed by atoms with Crippen LogP contribution in [0.4, 0.5) is 5.13 Å². The molecule has 0 aliphatic carbocycles. The summed E-state index contributed by atoms with van der Waals surface area (Å²) in [5, 5.41) is 5.85. The summed E-state index contributed by atoms with van der Waals surface area (Å²) in [6.45, 7) is 2.60. The van der Waals surface area contributed by atoms with Crippen LogP contribution in [0.25, 0.3) is 20.4 Å². The number of hydrogen-bond donors (Lipinski definition) is 1. The maximum atomic E-state index is 12.6. The number of fused-ring (bicyclic) bond motifs is 2. The highest BCUT2D eigenvalue weighted by Gasteiger charge is 2.14. The fourth-order valence-corrected chi connectivity index (χ4v) is 5.15. The molecule has 6 nitrogen and oxygen atoms in total. The molecule has 0 fully saturated rings. The number of thioether (sulfide) groups is 1. The molecular weight excluding hydrogens is 400 g/mol. The van der Waals surface area contributed by atoms with Crippen molar-refractivity contribution in [3.63, 3.8) is 0 Å². The molecule has 0 spiro atoms. The van der Waals surface area contributed by atoms with Crippen molar-refractivity contribution < 1.29 is 4.79 Å². The van der Waals surface area contributed by atoms with E-state index < -0.39 is 0 Å². The normalized spacial score (nSPS) is 11.3. The predicted molar refractivity (Wildman–Crippen MR) is 113 cm³/mol. The van der Waals surface area contributed by atoms with E-state index in [4.69, 9.17) is 0 Å². The van der Waals surface area contributed by atoms with Crippen LogP contribution in [-0.2, 0) is 11.3 Å². The third-order valence-corrected chi connectivity index (χ3v) is 6.67. The van der Waals surface area contributed by atoms with Gasteiger partial charge in [-0.3, -0.25) is 14.2 Å². The van der Waals surface area contributed by atoms with Gasteiger partial charge in [0.05, 0.1) is 21.5 Å². The Morgan fingerprint density at radius 2 is 2.07 bits per heavy atom. The van der Waals surface area contributed by atoms with Gasteiger partial charge in [-0.2, -0.15) is 0 Å². The van der Waals surface area contributed by atoms with E-state index in [1.54, 1.807) is 4.57 Å². The molecular formula is C18H16N4O2S3. The largest absolute Gasteiger partial charge is 0.301 e. The Morgan fingerprint density at radius 3 is 2.89 bits per heavy atom. The highest BCUT2D eigenvalue weighted by molar-refractivity contribution is 7.99. The first kappa shape index (κ1) is 18.1. The van der Waals surface area contributed by atoms with E-state index >= 15 is 0 Å². The number of benzene rings is 1. The van der Waals surface area contributed by atoms with E-state index in [-0.39, 0.29) is 17.2 Å². The molecule has 1 N–H and O–H groups in total. The van der Waals surface area contributed by atoms with Crippen molar-refractivity contribution in [2.24, 2.45) is 0 Å². The molecule has 1 aromatic carbocycles. The van der Waals surface area contributed by atoms with Gasteiger partial charge in [0, 0.05) is 6.54 Å². The Morgan fingerprint density at radius 1 is 1.22 bits per heavy atom. The molecule has 0 aliphatic rings. The van der Waals surface area contributed by atoms with Gasteiger partial charge in [0.25, 0.3) is 5.56 Å². The Kier molecular flexibility index (Phi) is 5.24. The second-order valence-electron chi connectivity index (χ2n) is 5.81. The molecule has 27 heavy (non-hydrogen) atoms. The van der Waals surface area contributed by atoms with E-state index in [0.29, 0.717) is 27.0 Å². The standard InChI is InChI=1S/C18H16N4O2S3/c1-2-8-22-16(24)15-12(7-9-25-15)20-18(22)26-10-14(23)21-17-19-11-5-3-4-6-13(11)27-17/h3-7,9H,2,8,10H2,1H3,(H,19,21,23). The van der Waals surface area contributed by atoms with Crippen LogP contribution in [-0.4, -0.2) is 26.2 Å². The summed E-state index contributed by atoms with van der Waals surface area (Å²) < 4.78 is 3.35. The van der Waals surface area contributed by atoms with Crippen LogP contribution < -0.4 is 10.9 Å². The van der Waals surface area contributed by atoms with Gasteiger partial charge in [0.15, 0.2) is 10.3 Å². The average molecular weight is 417 g/mol.